The standard InChI is InChI=1S/C22H29N7O2.HI/c1-23-21(27-16-18-15-17-5-2-3-6-19(17)31-18)24-10-7-20(30)28-11-13-29(14-12-28)22-25-8-4-9-26-22;/h2-6,8-9,18H,7,10-16H2,1H3,(H2,23,24,27);1H. The molecule has 2 aliphatic heterocycles. The third-order valence-electron chi connectivity index (χ3n) is 5.53. The number of benzene rings is 1. The summed E-state index contributed by atoms with van der Waals surface area (Å²) in [6, 6.07) is 9.92. The lowest BCUT2D eigenvalue weighted by molar-refractivity contribution is -0.131. The number of guanidine groups is 1. The molecule has 0 bridgehead atoms. The third kappa shape index (κ3) is 6.21. The van der Waals surface area contributed by atoms with Crippen LogP contribution in [0.25, 0.3) is 0 Å². The first-order valence-electron chi connectivity index (χ1n) is 10.7. The molecule has 2 aliphatic rings. The number of nitrogens with zero attached hydrogens (tertiary/aromatic N) is 5. The van der Waals surface area contributed by atoms with Gasteiger partial charge >= 0.3 is 0 Å². The molecule has 10 heteroatoms. The summed E-state index contributed by atoms with van der Waals surface area (Å²) < 4.78 is 5.95. The van der Waals surface area contributed by atoms with Crippen LogP contribution in [0.2, 0.25) is 0 Å². The summed E-state index contributed by atoms with van der Waals surface area (Å²) in [4.78, 5) is 29.4. The number of hydrogen-bond acceptors (Lipinski definition) is 6. The van der Waals surface area contributed by atoms with Crippen LogP contribution in [0.15, 0.2) is 47.7 Å². The van der Waals surface area contributed by atoms with Crippen molar-refractivity contribution in [2.45, 2.75) is 18.9 Å². The largest absolute Gasteiger partial charge is 0.488 e. The van der Waals surface area contributed by atoms with Crippen LogP contribution in [-0.4, -0.2) is 79.2 Å². The molecule has 1 amide bonds. The van der Waals surface area contributed by atoms with E-state index in [2.05, 4.69) is 36.6 Å². The van der Waals surface area contributed by atoms with Crippen molar-refractivity contribution < 1.29 is 9.53 Å². The van der Waals surface area contributed by atoms with Crippen molar-refractivity contribution in [1.82, 2.24) is 25.5 Å². The average Bonchev–Trinajstić information content (AvgIpc) is 3.25. The molecule has 2 aromatic rings. The molecule has 1 unspecified atom stereocenters. The second-order valence-electron chi connectivity index (χ2n) is 7.60. The first-order chi connectivity index (χ1) is 15.2. The number of hydrogen-bond donors (Lipinski definition) is 2. The highest BCUT2D eigenvalue weighted by Gasteiger charge is 2.23. The number of ether oxygens (including phenoxy) is 1. The summed E-state index contributed by atoms with van der Waals surface area (Å²) in [5, 5.41) is 6.52. The topological polar surface area (TPSA) is 95.0 Å². The quantitative estimate of drug-likeness (QED) is 0.318. The second-order valence-corrected chi connectivity index (χ2v) is 7.60. The van der Waals surface area contributed by atoms with Crippen LogP contribution >= 0.6 is 24.0 Å². The van der Waals surface area contributed by atoms with Crippen LogP contribution in [0.4, 0.5) is 5.95 Å². The van der Waals surface area contributed by atoms with Crippen LogP contribution in [0.1, 0.15) is 12.0 Å². The van der Waals surface area contributed by atoms with E-state index in [1.54, 1.807) is 25.5 Å². The lowest BCUT2D eigenvalue weighted by atomic mass is 10.1. The highest BCUT2D eigenvalue weighted by Crippen LogP contribution is 2.27. The molecule has 1 aromatic heterocycles. The predicted molar refractivity (Wildman–Crippen MR) is 135 cm³/mol. The average molecular weight is 551 g/mol. The minimum absolute atomic E-state index is 0. The van der Waals surface area contributed by atoms with Gasteiger partial charge in [-0.05, 0) is 17.7 Å². The van der Waals surface area contributed by atoms with Crippen molar-refractivity contribution >= 4 is 41.8 Å². The normalized spacial score (nSPS) is 17.8. The van der Waals surface area contributed by atoms with Gasteiger partial charge in [0.15, 0.2) is 5.96 Å². The fraction of sp³-hybridized carbons (Fsp3) is 0.455. The maximum absolute atomic E-state index is 12.6. The van der Waals surface area contributed by atoms with Gasteiger partial charge in [-0.2, -0.15) is 0 Å². The zero-order valence-electron chi connectivity index (χ0n) is 18.2. The summed E-state index contributed by atoms with van der Waals surface area (Å²) in [7, 11) is 1.73. The number of fused-ring (bicyclic) bond motifs is 1. The number of halogens is 1. The van der Waals surface area contributed by atoms with Gasteiger partial charge in [0.1, 0.15) is 11.9 Å². The number of carbonyl (C=O) groups is 1. The molecule has 1 aromatic carbocycles. The van der Waals surface area contributed by atoms with Crippen molar-refractivity contribution in [3.05, 3.63) is 48.3 Å². The van der Waals surface area contributed by atoms with Gasteiger partial charge in [0.2, 0.25) is 11.9 Å². The number of rotatable bonds is 6. The van der Waals surface area contributed by atoms with Crippen LogP contribution in [0.5, 0.6) is 5.75 Å². The molecule has 0 spiro atoms. The van der Waals surface area contributed by atoms with E-state index in [0.29, 0.717) is 38.6 Å². The van der Waals surface area contributed by atoms with Gasteiger partial charge in [-0.1, -0.05) is 18.2 Å². The summed E-state index contributed by atoms with van der Waals surface area (Å²) >= 11 is 0. The molecule has 1 saturated heterocycles. The first-order valence-corrected chi connectivity index (χ1v) is 10.7. The fourth-order valence-corrected chi connectivity index (χ4v) is 3.86. The Hall–Kier alpha value is -2.63. The molecule has 9 nitrogen and oxygen atoms in total. The minimum Gasteiger partial charge on any atom is -0.488 e. The molecule has 3 heterocycles. The molecule has 1 fully saturated rings. The first kappa shape index (κ1) is 24.0. The van der Waals surface area contributed by atoms with Crippen molar-refractivity contribution in [3.8, 4) is 5.75 Å². The molecule has 0 radical (unpaired) electrons. The van der Waals surface area contributed by atoms with Gasteiger partial charge in [0, 0.05) is 65.0 Å². The summed E-state index contributed by atoms with van der Waals surface area (Å²) in [6.07, 6.45) is 4.88. The SMILES string of the molecule is CN=C(NCCC(=O)N1CCN(c2ncccn2)CC1)NCC1Cc2ccccc2O1.I. The molecular formula is C22H30IN7O2. The third-order valence-corrected chi connectivity index (χ3v) is 5.53. The Balaban J connectivity index is 0.00000289. The highest BCUT2D eigenvalue weighted by atomic mass is 127. The molecule has 32 heavy (non-hydrogen) atoms. The Morgan fingerprint density at radius 2 is 1.88 bits per heavy atom. The smallest absolute Gasteiger partial charge is 0.225 e. The monoisotopic (exact) mass is 551 g/mol. The van der Waals surface area contributed by atoms with Gasteiger partial charge in [0.05, 0.1) is 6.54 Å². The molecule has 0 saturated carbocycles. The van der Waals surface area contributed by atoms with Gasteiger partial charge < -0.3 is 25.2 Å². The van der Waals surface area contributed by atoms with E-state index < -0.39 is 0 Å². The van der Waals surface area contributed by atoms with E-state index in [1.807, 2.05) is 23.1 Å². The fourth-order valence-electron chi connectivity index (χ4n) is 3.86. The Bertz CT molecular complexity index is 879. The highest BCUT2D eigenvalue weighted by molar-refractivity contribution is 14.0. The number of para-hydroxylation sites is 1. The Morgan fingerprint density at radius 3 is 2.59 bits per heavy atom. The number of carbonyl (C=O) groups excluding carboxylic acids is 1. The van der Waals surface area contributed by atoms with Crippen LogP contribution < -0.4 is 20.3 Å². The Kier molecular flexibility index (Phi) is 8.89. The van der Waals surface area contributed by atoms with E-state index >= 15 is 0 Å². The minimum atomic E-state index is 0. The Labute approximate surface area is 205 Å². The zero-order chi connectivity index (χ0) is 21.5. The molecule has 172 valence electrons. The van der Waals surface area contributed by atoms with Crippen LogP contribution in [0, 0.1) is 0 Å². The molecule has 0 aliphatic carbocycles. The number of amides is 1. The lowest BCUT2D eigenvalue weighted by Crippen LogP contribution is -2.50. The van der Waals surface area contributed by atoms with Crippen molar-refractivity contribution in [1.29, 1.82) is 0 Å². The summed E-state index contributed by atoms with van der Waals surface area (Å²) in [5.74, 6) is 2.51. The van der Waals surface area contributed by atoms with Gasteiger partial charge in [-0.25, -0.2) is 9.97 Å². The van der Waals surface area contributed by atoms with Crippen molar-refractivity contribution in [2.24, 2.45) is 4.99 Å². The van der Waals surface area contributed by atoms with Crippen LogP contribution in [0.3, 0.4) is 0 Å². The molecule has 2 N–H and O–H groups in total. The van der Waals surface area contributed by atoms with Crippen molar-refractivity contribution in [2.75, 3.05) is 51.2 Å². The van der Waals surface area contributed by atoms with Crippen molar-refractivity contribution in [3.63, 3.8) is 0 Å². The number of aliphatic imine (C=N–C) groups is 1. The van der Waals surface area contributed by atoms with E-state index in [9.17, 15) is 4.79 Å². The number of aromatic nitrogens is 2. The van der Waals surface area contributed by atoms with Gasteiger partial charge in [0.25, 0.3) is 0 Å². The Morgan fingerprint density at radius 1 is 1.12 bits per heavy atom. The number of nitrogens with one attached hydrogen (secondary N) is 2. The number of anilines is 1. The summed E-state index contributed by atoms with van der Waals surface area (Å²) in [5.41, 5.74) is 1.24. The van der Waals surface area contributed by atoms with E-state index in [4.69, 9.17) is 4.74 Å². The van der Waals surface area contributed by atoms with E-state index in [-0.39, 0.29) is 36.0 Å². The van der Waals surface area contributed by atoms with E-state index in [0.717, 1.165) is 31.2 Å². The van der Waals surface area contributed by atoms with E-state index in [1.165, 1.54) is 5.56 Å². The maximum Gasteiger partial charge on any atom is 0.225 e. The molecule has 4 rings (SSSR count). The van der Waals surface area contributed by atoms with Gasteiger partial charge in [-0.3, -0.25) is 9.79 Å². The van der Waals surface area contributed by atoms with Gasteiger partial charge in [-0.15, -0.1) is 24.0 Å². The number of piperazine rings is 1. The zero-order valence-corrected chi connectivity index (χ0v) is 20.6. The molecule has 1 atom stereocenters. The second kappa shape index (κ2) is 11.8. The lowest BCUT2D eigenvalue weighted by Gasteiger charge is -2.34. The summed E-state index contributed by atoms with van der Waals surface area (Å²) in [6.45, 7) is 4.05. The molecular weight excluding hydrogens is 521 g/mol. The van der Waals surface area contributed by atoms with Crippen LogP contribution in [-0.2, 0) is 11.2 Å². The predicted octanol–water partition coefficient (Wildman–Crippen LogP) is 1.30. The maximum atomic E-state index is 12.6.